The zero-order chi connectivity index (χ0) is 15.4. The predicted molar refractivity (Wildman–Crippen MR) is 85.7 cm³/mol. The first-order chi connectivity index (χ1) is 10.0. The van der Waals surface area contributed by atoms with Gasteiger partial charge in [-0.25, -0.2) is 4.98 Å². The van der Waals surface area contributed by atoms with E-state index in [4.69, 9.17) is 4.74 Å². The highest BCUT2D eigenvalue weighted by Gasteiger charge is 2.10. The van der Waals surface area contributed by atoms with Gasteiger partial charge in [0.05, 0.1) is 23.4 Å². The molecule has 1 aromatic heterocycles. The Morgan fingerprint density at radius 1 is 1.27 bits per heavy atom. The van der Waals surface area contributed by atoms with E-state index in [0.717, 1.165) is 22.7 Å². The molecule has 118 valence electrons. The van der Waals surface area contributed by atoms with E-state index in [9.17, 15) is 4.79 Å². The maximum absolute atomic E-state index is 11.4. The number of ketones is 1. The minimum absolute atomic E-state index is 0. The molecule has 2 rings (SSSR count). The Morgan fingerprint density at radius 2 is 1.91 bits per heavy atom. The number of halogens is 1. The average Bonchev–Trinajstić information content (AvgIpc) is 2.86. The molecule has 0 saturated carbocycles. The molecule has 1 N–H and O–H groups in total. The monoisotopic (exact) mass is 382 g/mol. The molecule has 22 heavy (non-hydrogen) atoms. The van der Waals surface area contributed by atoms with E-state index >= 15 is 0 Å². The number of carbonyl (C=O) groups excluding carboxylic acids is 1. The van der Waals surface area contributed by atoms with Crippen molar-refractivity contribution >= 4 is 28.0 Å². The maximum atomic E-state index is 11.4. The van der Waals surface area contributed by atoms with Gasteiger partial charge in [0.2, 0.25) is 5.13 Å². The topological polar surface area (TPSA) is 63.6 Å². The summed E-state index contributed by atoms with van der Waals surface area (Å²) in [6.07, 6.45) is 0. The number of thiazole rings is 1. The summed E-state index contributed by atoms with van der Waals surface area (Å²) in [4.78, 5) is 16.3. The summed E-state index contributed by atoms with van der Waals surface area (Å²) in [5, 5.41) is 4.91. The van der Waals surface area contributed by atoms with Gasteiger partial charge in [-0.05, 0) is 43.7 Å². The lowest BCUT2D eigenvalue weighted by atomic mass is 10.1. The second-order valence-electron chi connectivity index (χ2n) is 4.53. The van der Waals surface area contributed by atoms with Crippen LogP contribution in [-0.2, 0) is 0 Å². The summed E-state index contributed by atoms with van der Waals surface area (Å²) >= 11 is 1.31. The first-order valence-electron chi connectivity index (χ1n) is 6.44. The molecule has 0 bridgehead atoms. The van der Waals surface area contributed by atoms with Gasteiger partial charge in [0.1, 0.15) is 5.75 Å². The number of aromatic nitrogens is 1. The summed E-state index contributed by atoms with van der Waals surface area (Å²) in [6, 6.07) is 7.65. The van der Waals surface area contributed by atoms with E-state index in [1.165, 1.54) is 18.3 Å². The summed E-state index contributed by atoms with van der Waals surface area (Å²) in [5.41, 5.74) is 5.45. The van der Waals surface area contributed by atoms with Crippen LogP contribution >= 0.6 is 11.3 Å². The molecule has 1 heterocycles. The lowest BCUT2D eigenvalue weighted by Crippen LogP contribution is -3.00. The number of aryl methyl sites for hydroxylation is 1. The van der Waals surface area contributed by atoms with Gasteiger partial charge >= 0.3 is 0 Å². The average molecular weight is 383 g/mol. The number of nitrogens with one attached hydrogen (secondary N) is 1. The minimum Gasteiger partial charge on any atom is -1.00 e. The number of carbonyl (C=O) groups is 1. The standard InChI is InChI=1S/C15H17N3O2S.BrH/c1-9(12-5-7-13(20-4)8-6-12)17-18-15-16-10(2)14(21-15)11(3)19;/h5-8H,1-4H3,(H,16,18);1H/p-1. The third-order valence-corrected chi connectivity index (χ3v) is 4.11. The van der Waals surface area contributed by atoms with E-state index in [-0.39, 0.29) is 22.8 Å². The molecule has 0 amide bonds. The largest absolute Gasteiger partial charge is 1.00 e. The van der Waals surface area contributed by atoms with E-state index in [2.05, 4.69) is 15.5 Å². The number of hydrazone groups is 1. The first-order valence-corrected chi connectivity index (χ1v) is 7.26. The van der Waals surface area contributed by atoms with Crippen molar-refractivity contribution in [2.24, 2.45) is 5.10 Å². The second-order valence-corrected chi connectivity index (χ2v) is 5.53. The number of hydrogen-bond acceptors (Lipinski definition) is 6. The summed E-state index contributed by atoms with van der Waals surface area (Å²) in [7, 11) is 1.63. The molecule has 0 unspecified atom stereocenters. The summed E-state index contributed by atoms with van der Waals surface area (Å²) in [6.45, 7) is 5.26. The van der Waals surface area contributed by atoms with Crippen molar-refractivity contribution in [1.29, 1.82) is 0 Å². The molecule has 7 heteroatoms. The lowest BCUT2D eigenvalue weighted by Gasteiger charge is -2.03. The molecule has 0 fully saturated rings. The molecule has 0 saturated heterocycles. The van der Waals surface area contributed by atoms with Crippen LogP contribution in [0.2, 0.25) is 0 Å². The number of anilines is 1. The normalized spacial score (nSPS) is 10.8. The van der Waals surface area contributed by atoms with Crippen LogP contribution in [0.1, 0.15) is 34.8 Å². The first kappa shape index (κ1) is 18.3. The van der Waals surface area contributed by atoms with Gasteiger partial charge in [0.15, 0.2) is 5.78 Å². The van der Waals surface area contributed by atoms with Crippen LogP contribution in [-0.4, -0.2) is 23.6 Å². The van der Waals surface area contributed by atoms with Gasteiger partial charge in [-0.1, -0.05) is 11.3 Å². The molecule has 5 nitrogen and oxygen atoms in total. The van der Waals surface area contributed by atoms with Crippen LogP contribution in [0, 0.1) is 6.92 Å². The lowest BCUT2D eigenvalue weighted by molar-refractivity contribution is -0.0000130. The molecule has 2 aromatic rings. The number of hydrogen-bond donors (Lipinski definition) is 1. The third kappa shape index (κ3) is 4.38. The van der Waals surface area contributed by atoms with Gasteiger partial charge in [-0.2, -0.15) is 5.10 Å². The fourth-order valence-corrected chi connectivity index (χ4v) is 2.60. The Kier molecular flexibility index (Phi) is 6.70. The Bertz CT molecular complexity index is 681. The van der Waals surface area contributed by atoms with Crippen LogP contribution in [0.5, 0.6) is 5.75 Å². The zero-order valence-corrected chi connectivity index (χ0v) is 15.2. The highest BCUT2D eigenvalue weighted by atomic mass is 79.9. The summed E-state index contributed by atoms with van der Waals surface area (Å²) in [5.74, 6) is 0.829. The second kappa shape index (κ2) is 8.05. The number of benzene rings is 1. The highest BCUT2D eigenvalue weighted by molar-refractivity contribution is 7.17. The number of Topliss-reactive ketones (excluding diaryl/α,β-unsaturated/α-hetero) is 1. The quantitative estimate of drug-likeness (QED) is 0.464. The van der Waals surface area contributed by atoms with Crippen LogP contribution in [0.25, 0.3) is 0 Å². The van der Waals surface area contributed by atoms with E-state index in [1.54, 1.807) is 7.11 Å². The molecule has 0 atom stereocenters. The summed E-state index contributed by atoms with van der Waals surface area (Å²) < 4.78 is 5.12. The fraction of sp³-hybridized carbons (Fsp3) is 0.267. The number of nitrogens with zero attached hydrogens (tertiary/aromatic N) is 2. The Morgan fingerprint density at radius 3 is 2.41 bits per heavy atom. The van der Waals surface area contributed by atoms with E-state index in [1.807, 2.05) is 38.1 Å². The fourth-order valence-electron chi connectivity index (χ4n) is 1.80. The SMILES string of the molecule is COc1ccc(C(C)=NNc2nc(C)c(C(C)=O)s2)cc1.[Br-]. The highest BCUT2D eigenvalue weighted by Crippen LogP contribution is 2.23. The van der Waals surface area contributed by atoms with Crippen LogP contribution in [0.15, 0.2) is 29.4 Å². The van der Waals surface area contributed by atoms with Crippen molar-refractivity contribution in [2.75, 3.05) is 12.5 Å². The predicted octanol–water partition coefficient (Wildman–Crippen LogP) is 0.503. The van der Waals surface area contributed by atoms with Gasteiger partial charge in [0, 0.05) is 6.92 Å². The Labute approximate surface area is 144 Å². The van der Waals surface area contributed by atoms with E-state index in [0.29, 0.717) is 10.0 Å². The van der Waals surface area contributed by atoms with Crippen molar-refractivity contribution in [3.63, 3.8) is 0 Å². The Balaban J connectivity index is 0.00000242. The van der Waals surface area contributed by atoms with Crippen molar-refractivity contribution in [3.05, 3.63) is 40.4 Å². The van der Waals surface area contributed by atoms with Crippen LogP contribution in [0.4, 0.5) is 5.13 Å². The number of ether oxygens (including phenoxy) is 1. The van der Waals surface area contributed by atoms with Gasteiger partial charge in [-0.15, -0.1) is 0 Å². The minimum atomic E-state index is 0. The van der Waals surface area contributed by atoms with Crippen molar-refractivity contribution in [3.8, 4) is 5.75 Å². The van der Waals surface area contributed by atoms with Crippen molar-refractivity contribution < 1.29 is 26.5 Å². The van der Waals surface area contributed by atoms with Crippen LogP contribution < -0.4 is 27.1 Å². The van der Waals surface area contributed by atoms with Crippen molar-refractivity contribution in [2.45, 2.75) is 20.8 Å². The molecule has 0 spiro atoms. The van der Waals surface area contributed by atoms with Gasteiger partial charge < -0.3 is 21.7 Å². The molecule has 0 aliphatic carbocycles. The van der Waals surface area contributed by atoms with Gasteiger partial charge in [-0.3, -0.25) is 10.2 Å². The number of methoxy groups -OCH3 is 1. The van der Waals surface area contributed by atoms with E-state index < -0.39 is 0 Å². The molecule has 1 aromatic carbocycles. The van der Waals surface area contributed by atoms with Gasteiger partial charge in [0.25, 0.3) is 0 Å². The Hall–Kier alpha value is -1.73. The molecule has 0 radical (unpaired) electrons. The number of rotatable bonds is 5. The maximum Gasteiger partial charge on any atom is 0.204 e. The smallest absolute Gasteiger partial charge is 0.204 e. The molecule has 0 aliphatic heterocycles. The van der Waals surface area contributed by atoms with Crippen LogP contribution in [0.3, 0.4) is 0 Å². The molecule has 0 aliphatic rings. The molecular weight excluding hydrogens is 366 g/mol. The third-order valence-electron chi connectivity index (χ3n) is 2.94. The molecular formula is C15H17BrN3O2S-. The van der Waals surface area contributed by atoms with Crippen molar-refractivity contribution in [1.82, 2.24) is 4.98 Å². The zero-order valence-electron chi connectivity index (χ0n) is 12.8.